The van der Waals surface area contributed by atoms with Gasteiger partial charge >= 0.3 is 0 Å². The van der Waals surface area contributed by atoms with E-state index >= 15 is 0 Å². The summed E-state index contributed by atoms with van der Waals surface area (Å²) in [5.74, 6) is -0.286. The Morgan fingerprint density at radius 2 is 1.95 bits per heavy atom. The summed E-state index contributed by atoms with van der Waals surface area (Å²) in [5.41, 5.74) is 0. The summed E-state index contributed by atoms with van der Waals surface area (Å²) in [7, 11) is -3.36. The van der Waals surface area contributed by atoms with Gasteiger partial charge in [-0.05, 0) is 25.9 Å². The second-order valence-electron chi connectivity index (χ2n) is 5.27. The van der Waals surface area contributed by atoms with Gasteiger partial charge in [-0.3, -0.25) is 9.69 Å². The lowest BCUT2D eigenvalue weighted by molar-refractivity contribution is -0.129. The number of carbonyl (C=O) groups is 1. The molecule has 2 atom stereocenters. The van der Waals surface area contributed by atoms with Gasteiger partial charge < -0.3 is 10.0 Å². The topological polar surface area (TPSA) is 90.0 Å². The van der Waals surface area contributed by atoms with Crippen LogP contribution in [0.2, 0.25) is 0 Å². The molecular weight excluding hydrogens is 270 g/mol. The van der Waals surface area contributed by atoms with Gasteiger partial charge in [-0.15, -0.1) is 0 Å². The maximum atomic E-state index is 11.9. The molecule has 1 amide bonds. The van der Waals surface area contributed by atoms with Crippen LogP contribution in [0.25, 0.3) is 0 Å². The summed E-state index contributed by atoms with van der Waals surface area (Å²) in [4.78, 5) is 15.6. The van der Waals surface area contributed by atoms with Gasteiger partial charge in [0.15, 0.2) is 0 Å². The smallest absolute Gasteiger partial charge is 0.237 e. The molecule has 110 valence electrons. The van der Waals surface area contributed by atoms with E-state index in [4.69, 9.17) is 0 Å². The Bertz CT molecular complexity index is 433. The van der Waals surface area contributed by atoms with Gasteiger partial charge in [0.1, 0.15) is 0 Å². The highest BCUT2D eigenvalue weighted by Gasteiger charge is 2.38. The normalized spacial score (nSPS) is 29.1. The van der Waals surface area contributed by atoms with Crippen molar-refractivity contribution in [2.45, 2.75) is 25.0 Å². The minimum Gasteiger partial charge on any atom is -0.390 e. The van der Waals surface area contributed by atoms with Gasteiger partial charge in [-0.1, -0.05) is 0 Å². The van der Waals surface area contributed by atoms with E-state index in [0.29, 0.717) is 6.54 Å². The van der Waals surface area contributed by atoms with Gasteiger partial charge in [-0.25, -0.2) is 13.1 Å². The van der Waals surface area contributed by atoms with E-state index in [0.717, 1.165) is 32.2 Å². The predicted molar refractivity (Wildman–Crippen MR) is 70.0 cm³/mol. The van der Waals surface area contributed by atoms with Crippen molar-refractivity contribution in [1.82, 2.24) is 14.5 Å². The molecule has 0 radical (unpaired) electrons. The number of nitrogens with one attached hydrogen (secondary N) is 1. The van der Waals surface area contributed by atoms with E-state index in [1.165, 1.54) is 4.90 Å². The molecule has 2 rings (SSSR count). The molecule has 0 aromatic carbocycles. The lowest BCUT2D eigenvalue weighted by atomic mass is 10.2. The minimum absolute atomic E-state index is 0.00955. The van der Waals surface area contributed by atoms with Crippen LogP contribution in [0.5, 0.6) is 0 Å². The molecule has 0 saturated carbocycles. The number of carbonyl (C=O) groups excluding carboxylic acids is 1. The van der Waals surface area contributed by atoms with E-state index in [9.17, 15) is 18.3 Å². The molecule has 2 fully saturated rings. The molecule has 0 bridgehead atoms. The molecule has 2 aliphatic heterocycles. The van der Waals surface area contributed by atoms with Crippen molar-refractivity contribution < 1.29 is 18.3 Å². The van der Waals surface area contributed by atoms with Gasteiger partial charge in [0.05, 0.1) is 24.9 Å². The van der Waals surface area contributed by atoms with Crippen LogP contribution >= 0.6 is 0 Å². The van der Waals surface area contributed by atoms with Crippen LogP contribution in [0.3, 0.4) is 0 Å². The van der Waals surface area contributed by atoms with E-state index in [2.05, 4.69) is 9.62 Å². The highest BCUT2D eigenvalue weighted by atomic mass is 32.2. The first-order valence-electron chi connectivity index (χ1n) is 6.51. The number of aliphatic hydroxyl groups excluding tert-OH is 1. The van der Waals surface area contributed by atoms with Crippen molar-refractivity contribution in [2.75, 3.05) is 39.0 Å². The summed E-state index contributed by atoms with van der Waals surface area (Å²) in [5, 5.41) is 10.0. The Balaban J connectivity index is 1.87. The summed E-state index contributed by atoms with van der Waals surface area (Å²) in [6.07, 6.45) is 2.74. The van der Waals surface area contributed by atoms with Crippen LogP contribution in [0, 0.1) is 0 Å². The molecule has 2 aliphatic rings. The zero-order valence-corrected chi connectivity index (χ0v) is 11.9. The lowest BCUT2D eigenvalue weighted by Crippen LogP contribution is -2.42. The fraction of sp³-hybridized carbons (Fsp3) is 0.909. The maximum absolute atomic E-state index is 11.9. The average Bonchev–Trinajstić information content (AvgIpc) is 2.93. The number of hydrogen-bond acceptors (Lipinski definition) is 5. The Morgan fingerprint density at radius 1 is 1.32 bits per heavy atom. The molecule has 0 spiro atoms. The molecule has 2 heterocycles. The SMILES string of the molecule is CS(=O)(=O)NCC(=O)N1C[C@@H](O)[C@H](N2CCCC2)C1. The zero-order valence-electron chi connectivity index (χ0n) is 11.1. The zero-order chi connectivity index (χ0) is 14.0. The van der Waals surface area contributed by atoms with E-state index in [1.807, 2.05) is 0 Å². The first-order valence-corrected chi connectivity index (χ1v) is 8.40. The average molecular weight is 291 g/mol. The van der Waals surface area contributed by atoms with Crippen molar-refractivity contribution in [3.63, 3.8) is 0 Å². The molecule has 8 heteroatoms. The van der Waals surface area contributed by atoms with Crippen LogP contribution in [-0.4, -0.2) is 80.4 Å². The first-order chi connectivity index (χ1) is 8.87. The Kier molecular flexibility index (Phi) is 4.44. The number of amides is 1. The number of nitrogens with zero attached hydrogens (tertiary/aromatic N) is 2. The molecule has 0 unspecified atom stereocenters. The lowest BCUT2D eigenvalue weighted by Gasteiger charge is -2.25. The monoisotopic (exact) mass is 291 g/mol. The number of sulfonamides is 1. The molecule has 0 aromatic rings. The molecule has 2 N–H and O–H groups in total. The number of hydrogen-bond donors (Lipinski definition) is 2. The summed E-state index contributed by atoms with van der Waals surface area (Å²) in [6.45, 7) is 2.45. The van der Waals surface area contributed by atoms with Crippen LogP contribution in [0.1, 0.15) is 12.8 Å². The third-order valence-electron chi connectivity index (χ3n) is 3.71. The summed E-state index contributed by atoms with van der Waals surface area (Å²) >= 11 is 0. The second kappa shape index (κ2) is 5.74. The van der Waals surface area contributed by atoms with Gasteiger partial charge in [0.2, 0.25) is 15.9 Å². The van der Waals surface area contributed by atoms with Crippen molar-refractivity contribution in [3.05, 3.63) is 0 Å². The summed E-state index contributed by atoms with van der Waals surface area (Å²) < 4.78 is 24.1. The maximum Gasteiger partial charge on any atom is 0.237 e. The standard InChI is InChI=1S/C11H21N3O4S/c1-19(17,18)12-6-11(16)14-7-9(10(15)8-14)13-4-2-3-5-13/h9-10,12,15H,2-8H2,1H3/t9-,10-/m1/s1. The van der Waals surface area contributed by atoms with Gasteiger partial charge in [0.25, 0.3) is 0 Å². The van der Waals surface area contributed by atoms with Crippen molar-refractivity contribution >= 4 is 15.9 Å². The number of likely N-dealkylation sites (tertiary alicyclic amines) is 2. The fourth-order valence-corrected chi connectivity index (χ4v) is 3.10. The van der Waals surface area contributed by atoms with Crippen molar-refractivity contribution in [2.24, 2.45) is 0 Å². The Labute approximate surface area is 113 Å². The molecule has 0 aromatic heterocycles. The van der Waals surface area contributed by atoms with Crippen LogP contribution in [0.4, 0.5) is 0 Å². The summed E-state index contributed by atoms with van der Waals surface area (Å²) in [6, 6.07) is -0.00955. The quantitative estimate of drug-likeness (QED) is 0.638. The third kappa shape index (κ3) is 3.88. The van der Waals surface area contributed by atoms with Gasteiger partial charge in [0, 0.05) is 13.1 Å². The molecule has 0 aliphatic carbocycles. The molecule has 19 heavy (non-hydrogen) atoms. The van der Waals surface area contributed by atoms with Gasteiger partial charge in [-0.2, -0.15) is 0 Å². The number of aliphatic hydroxyl groups is 1. The number of rotatable bonds is 4. The van der Waals surface area contributed by atoms with E-state index in [1.54, 1.807) is 0 Å². The molecule has 7 nitrogen and oxygen atoms in total. The highest BCUT2D eigenvalue weighted by Crippen LogP contribution is 2.20. The predicted octanol–water partition coefficient (Wildman–Crippen LogP) is -1.80. The number of β-amino-alcohol motifs (C(OH)–C–C–N with tert-alkyl or cyclic N) is 1. The Hall–Kier alpha value is -0.700. The van der Waals surface area contributed by atoms with E-state index in [-0.39, 0.29) is 25.0 Å². The second-order valence-corrected chi connectivity index (χ2v) is 7.10. The van der Waals surface area contributed by atoms with Crippen LogP contribution in [-0.2, 0) is 14.8 Å². The minimum atomic E-state index is -3.36. The van der Waals surface area contributed by atoms with Crippen molar-refractivity contribution in [1.29, 1.82) is 0 Å². The molecular formula is C11H21N3O4S. The fourth-order valence-electron chi connectivity index (χ4n) is 2.71. The highest BCUT2D eigenvalue weighted by molar-refractivity contribution is 7.88. The van der Waals surface area contributed by atoms with Crippen LogP contribution < -0.4 is 4.72 Å². The molecule has 2 saturated heterocycles. The first kappa shape index (κ1) is 14.7. The largest absolute Gasteiger partial charge is 0.390 e. The van der Waals surface area contributed by atoms with E-state index < -0.39 is 16.1 Å². The van der Waals surface area contributed by atoms with Crippen LogP contribution in [0.15, 0.2) is 0 Å². The Morgan fingerprint density at radius 3 is 2.53 bits per heavy atom. The third-order valence-corrected chi connectivity index (χ3v) is 4.38. The van der Waals surface area contributed by atoms with Crippen molar-refractivity contribution in [3.8, 4) is 0 Å².